The minimum atomic E-state index is -4.43. The summed E-state index contributed by atoms with van der Waals surface area (Å²) in [6.45, 7) is 0.609. The van der Waals surface area contributed by atoms with E-state index in [0.29, 0.717) is 24.1 Å². The highest BCUT2D eigenvalue weighted by Gasteiger charge is 2.33. The molecule has 0 saturated carbocycles. The molecule has 2 heterocycles. The van der Waals surface area contributed by atoms with Gasteiger partial charge in [0.25, 0.3) is 10.1 Å². The third-order valence-electron chi connectivity index (χ3n) is 5.60. The molecule has 1 atom stereocenters. The lowest BCUT2D eigenvalue weighted by molar-refractivity contribution is -0.137. The third kappa shape index (κ3) is 5.12. The molecule has 1 saturated heterocycles. The molecule has 1 fully saturated rings. The van der Waals surface area contributed by atoms with E-state index in [0.717, 1.165) is 18.6 Å². The first-order valence-corrected chi connectivity index (χ1v) is 11.7. The van der Waals surface area contributed by atoms with Crippen molar-refractivity contribution in [2.45, 2.75) is 36.5 Å². The number of anilines is 2. The van der Waals surface area contributed by atoms with Gasteiger partial charge in [-0.25, -0.2) is 9.97 Å². The largest absolute Gasteiger partial charge is 0.416 e. The van der Waals surface area contributed by atoms with Gasteiger partial charge in [-0.3, -0.25) is 4.55 Å². The number of nitrogens with one attached hydrogen (secondary N) is 1. The molecule has 4 rings (SSSR count). The van der Waals surface area contributed by atoms with Gasteiger partial charge in [0.2, 0.25) is 5.82 Å². The van der Waals surface area contributed by atoms with Crippen molar-refractivity contribution in [1.82, 2.24) is 9.97 Å². The number of hydrogen-bond acceptors (Lipinski definition) is 6. The summed E-state index contributed by atoms with van der Waals surface area (Å²) in [6.07, 6.45) is -1.88. The molecule has 2 N–H and O–H groups in total. The number of hydrogen-bond donors (Lipinski definition) is 2. The molecule has 0 unspecified atom stereocenters. The Labute approximate surface area is 193 Å². The van der Waals surface area contributed by atoms with Gasteiger partial charge in [0.15, 0.2) is 11.6 Å². The molecule has 1 aliphatic heterocycles. The second-order valence-electron chi connectivity index (χ2n) is 7.80. The van der Waals surface area contributed by atoms with Gasteiger partial charge in [0.05, 0.1) is 16.5 Å². The molecular weight excluding hydrogens is 476 g/mol. The minimum Gasteiger partial charge on any atom is -0.363 e. The van der Waals surface area contributed by atoms with E-state index in [2.05, 4.69) is 15.3 Å². The highest BCUT2D eigenvalue weighted by molar-refractivity contribution is 7.85. The maximum absolute atomic E-state index is 15.3. The highest BCUT2D eigenvalue weighted by atomic mass is 32.2. The molecule has 1 aliphatic rings. The Balaban J connectivity index is 1.51. The van der Waals surface area contributed by atoms with Crippen LogP contribution in [0.4, 0.5) is 29.2 Å². The van der Waals surface area contributed by atoms with Crippen molar-refractivity contribution in [3.8, 4) is 0 Å². The van der Waals surface area contributed by atoms with Gasteiger partial charge >= 0.3 is 6.18 Å². The second-order valence-corrected chi connectivity index (χ2v) is 9.23. The molecule has 34 heavy (non-hydrogen) atoms. The Morgan fingerprint density at radius 1 is 1.06 bits per heavy atom. The topological polar surface area (TPSA) is 95.4 Å². The van der Waals surface area contributed by atoms with E-state index in [1.807, 2.05) is 0 Å². The fourth-order valence-electron chi connectivity index (χ4n) is 3.91. The first-order chi connectivity index (χ1) is 16.0. The van der Waals surface area contributed by atoms with Crippen LogP contribution in [0.1, 0.15) is 35.6 Å². The quantitative estimate of drug-likeness (QED) is 0.373. The van der Waals surface area contributed by atoms with E-state index >= 15 is 4.39 Å². The van der Waals surface area contributed by atoms with Crippen molar-refractivity contribution >= 4 is 21.8 Å². The van der Waals surface area contributed by atoms with E-state index in [-0.39, 0.29) is 29.1 Å². The Morgan fingerprint density at radius 2 is 1.74 bits per heavy atom. The Bertz CT molecular complexity index is 1270. The van der Waals surface area contributed by atoms with Crippen LogP contribution >= 0.6 is 0 Å². The van der Waals surface area contributed by atoms with Gasteiger partial charge in [0, 0.05) is 13.1 Å². The number of rotatable bonds is 6. The Hall–Kier alpha value is -3.25. The predicted octanol–water partition coefficient (Wildman–Crippen LogP) is 4.83. The molecule has 0 spiro atoms. The van der Waals surface area contributed by atoms with Crippen LogP contribution < -0.4 is 10.2 Å². The molecule has 7 nitrogen and oxygen atoms in total. The van der Waals surface area contributed by atoms with Crippen molar-refractivity contribution in [2.24, 2.45) is 0 Å². The van der Waals surface area contributed by atoms with Gasteiger partial charge in [-0.2, -0.15) is 26.0 Å². The van der Waals surface area contributed by atoms with Crippen LogP contribution in [0.3, 0.4) is 0 Å². The average molecular weight is 496 g/mol. The zero-order valence-corrected chi connectivity index (χ0v) is 18.4. The summed E-state index contributed by atoms with van der Waals surface area (Å²) in [6, 6.07) is 9.91. The van der Waals surface area contributed by atoms with E-state index in [1.165, 1.54) is 42.7 Å². The van der Waals surface area contributed by atoms with Crippen molar-refractivity contribution in [2.75, 3.05) is 16.8 Å². The molecule has 1 aromatic heterocycles. The van der Waals surface area contributed by atoms with Crippen LogP contribution in [0, 0.1) is 5.82 Å². The normalized spacial score (nSPS) is 16.6. The summed E-state index contributed by atoms with van der Waals surface area (Å²) in [4.78, 5) is 9.47. The molecular formula is C22H20F4N4O3S. The first kappa shape index (κ1) is 23.9. The van der Waals surface area contributed by atoms with Gasteiger partial charge < -0.3 is 10.2 Å². The summed E-state index contributed by atoms with van der Waals surface area (Å²) in [5.41, 5.74) is 0.512. The van der Waals surface area contributed by atoms with Gasteiger partial charge in [-0.1, -0.05) is 24.3 Å². The lowest BCUT2D eigenvalue weighted by Crippen LogP contribution is -2.25. The third-order valence-corrected chi connectivity index (χ3v) is 6.47. The number of aromatic nitrogens is 2. The first-order valence-electron chi connectivity index (χ1n) is 10.3. The summed E-state index contributed by atoms with van der Waals surface area (Å²) >= 11 is 0. The van der Waals surface area contributed by atoms with Gasteiger partial charge in [-0.15, -0.1) is 0 Å². The lowest BCUT2D eigenvalue weighted by atomic mass is 10.0. The summed E-state index contributed by atoms with van der Waals surface area (Å²) in [5, 5.41) is 2.84. The van der Waals surface area contributed by atoms with Crippen LogP contribution in [-0.4, -0.2) is 29.5 Å². The van der Waals surface area contributed by atoms with E-state index in [4.69, 9.17) is 4.55 Å². The van der Waals surface area contributed by atoms with E-state index in [1.54, 1.807) is 4.90 Å². The molecule has 12 heteroatoms. The SMILES string of the molecule is O=S(=O)(O)c1ccc(CNc2ncnc(N3CCC[C@@H]3c3ccc(C(F)(F)F)cc3)c2F)cc1. The second kappa shape index (κ2) is 9.18. The van der Waals surface area contributed by atoms with Crippen LogP contribution in [0.2, 0.25) is 0 Å². The van der Waals surface area contributed by atoms with Crippen LogP contribution in [0.5, 0.6) is 0 Å². The summed E-state index contributed by atoms with van der Waals surface area (Å²) < 4.78 is 85.2. The van der Waals surface area contributed by atoms with E-state index < -0.39 is 27.7 Å². The molecule has 0 bridgehead atoms. The predicted molar refractivity (Wildman–Crippen MR) is 116 cm³/mol. The number of nitrogens with zero attached hydrogens (tertiary/aromatic N) is 3. The maximum atomic E-state index is 15.3. The van der Waals surface area contributed by atoms with Crippen molar-refractivity contribution in [1.29, 1.82) is 0 Å². The molecule has 2 aromatic carbocycles. The molecule has 180 valence electrons. The number of alkyl halides is 3. The standard InChI is InChI=1S/C22H20F4N4O3S/c23-19-20(27-12-14-3-9-17(10-4-14)34(31,32)33)28-13-29-21(19)30-11-1-2-18(30)15-5-7-16(8-6-15)22(24,25)26/h3-10,13,18H,1-2,11-12H2,(H,27,28,29)(H,31,32,33)/t18-/m1/s1. The Kier molecular flexibility index (Phi) is 6.45. The van der Waals surface area contributed by atoms with Crippen molar-refractivity contribution in [3.63, 3.8) is 0 Å². The van der Waals surface area contributed by atoms with Crippen LogP contribution in [-0.2, 0) is 22.8 Å². The zero-order valence-electron chi connectivity index (χ0n) is 17.6. The Morgan fingerprint density at radius 3 is 2.35 bits per heavy atom. The monoisotopic (exact) mass is 496 g/mol. The van der Waals surface area contributed by atoms with Crippen LogP contribution in [0.15, 0.2) is 59.8 Å². The minimum absolute atomic E-state index is 0.0432. The van der Waals surface area contributed by atoms with Gasteiger partial charge in [-0.05, 0) is 48.2 Å². The molecule has 0 radical (unpaired) electrons. The summed E-state index contributed by atoms with van der Waals surface area (Å²) in [5.74, 6) is -0.723. The lowest BCUT2D eigenvalue weighted by Gasteiger charge is -2.27. The van der Waals surface area contributed by atoms with E-state index in [9.17, 15) is 21.6 Å². The van der Waals surface area contributed by atoms with Gasteiger partial charge in [0.1, 0.15) is 6.33 Å². The zero-order chi connectivity index (χ0) is 24.5. The number of halogens is 4. The number of benzene rings is 2. The average Bonchev–Trinajstić information content (AvgIpc) is 3.27. The molecule has 0 amide bonds. The smallest absolute Gasteiger partial charge is 0.363 e. The fourth-order valence-corrected chi connectivity index (χ4v) is 4.39. The molecule has 0 aliphatic carbocycles. The maximum Gasteiger partial charge on any atom is 0.416 e. The summed E-state index contributed by atoms with van der Waals surface area (Å²) in [7, 11) is -4.31. The van der Waals surface area contributed by atoms with Crippen molar-refractivity contribution < 1.29 is 30.5 Å². The highest BCUT2D eigenvalue weighted by Crippen LogP contribution is 2.38. The fraction of sp³-hybridized carbons (Fsp3) is 0.273. The van der Waals surface area contributed by atoms with Crippen LogP contribution in [0.25, 0.3) is 0 Å². The van der Waals surface area contributed by atoms with Crippen molar-refractivity contribution in [3.05, 3.63) is 77.4 Å². The molecule has 3 aromatic rings.